The van der Waals surface area contributed by atoms with Crippen LogP contribution in [0.3, 0.4) is 0 Å². The van der Waals surface area contributed by atoms with E-state index < -0.39 is 0 Å². The number of carbonyl (C=O) groups is 2. The van der Waals surface area contributed by atoms with E-state index in [-0.39, 0.29) is 23.3 Å². The summed E-state index contributed by atoms with van der Waals surface area (Å²) in [5, 5.41) is 4.25. The topological polar surface area (TPSA) is 78.8 Å². The first kappa shape index (κ1) is 19.4. The van der Waals surface area contributed by atoms with Gasteiger partial charge in [0.1, 0.15) is 0 Å². The first-order chi connectivity index (χ1) is 13.0. The first-order valence-electron chi connectivity index (χ1n) is 9.86. The molecule has 8 heteroatoms. The normalized spacial score (nSPS) is 18.7. The summed E-state index contributed by atoms with van der Waals surface area (Å²) in [6.07, 6.45) is 4.19. The Morgan fingerprint density at radius 1 is 1.07 bits per heavy atom. The number of piperazine rings is 1. The predicted molar refractivity (Wildman–Crippen MR) is 103 cm³/mol. The van der Waals surface area contributed by atoms with Crippen molar-refractivity contribution in [1.29, 1.82) is 0 Å². The number of amides is 2. The minimum Gasteiger partial charge on any atom is -0.370 e. The van der Waals surface area contributed by atoms with Crippen molar-refractivity contribution in [2.75, 3.05) is 44.2 Å². The number of hydrogen-bond acceptors (Lipinski definition) is 5. The third-order valence-electron chi connectivity index (χ3n) is 5.54. The van der Waals surface area contributed by atoms with Crippen molar-refractivity contribution in [1.82, 2.24) is 19.6 Å². The SMILES string of the molecule is CCCn1ncc(N2CCC(C(=O)N3CCN(C(C)=O)CC3)CC2)cc1=O. The summed E-state index contributed by atoms with van der Waals surface area (Å²) in [5.41, 5.74) is 0.768. The zero-order chi connectivity index (χ0) is 19.4. The molecule has 2 amide bonds. The molecule has 0 atom stereocenters. The predicted octanol–water partition coefficient (Wildman–Crippen LogP) is 0.560. The number of carbonyl (C=O) groups excluding carboxylic acids is 2. The molecular formula is C19H29N5O3. The molecule has 2 aliphatic rings. The highest BCUT2D eigenvalue weighted by Crippen LogP contribution is 2.24. The lowest BCUT2D eigenvalue weighted by Gasteiger charge is -2.38. The largest absolute Gasteiger partial charge is 0.370 e. The molecule has 0 N–H and O–H groups in total. The van der Waals surface area contributed by atoms with Crippen molar-refractivity contribution in [2.24, 2.45) is 5.92 Å². The van der Waals surface area contributed by atoms with Gasteiger partial charge in [0, 0.05) is 64.7 Å². The minimum absolute atomic E-state index is 0.0264. The highest BCUT2D eigenvalue weighted by Gasteiger charge is 2.31. The van der Waals surface area contributed by atoms with Crippen LogP contribution in [0.1, 0.15) is 33.1 Å². The molecule has 2 saturated heterocycles. The second kappa shape index (κ2) is 8.54. The lowest BCUT2D eigenvalue weighted by molar-refractivity contribution is -0.141. The van der Waals surface area contributed by atoms with E-state index in [0.29, 0.717) is 32.7 Å². The number of aromatic nitrogens is 2. The Morgan fingerprint density at radius 2 is 1.70 bits per heavy atom. The summed E-state index contributed by atoms with van der Waals surface area (Å²) in [6.45, 7) is 8.22. The lowest BCUT2D eigenvalue weighted by Crippen LogP contribution is -2.52. The van der Waals surface area contributed by atoms with Crippen molar-refractivity contribution in [3.8, 4) is 0 Å². The van der Waals surface area contributed by atoms with E-state index in [1.165, 1.54) is 4.68 Å². The van der Waals surface area contributed by atoms with E-state index >= 15 is 0 Å². The van der Waals surface area contributed by atoms with Crippen LogP contribution in [-0.2, 0) is 16.1 Å². The molecule has 0 aromatic carbocycles. The van der Waals surface area contributed by atoms with E-state index in [1.54, 1.807) is 24.1 Å². The molecule has 148 valence electrons. The summed E-state index contributed by atoms with van der Waals surface area (Å²) >= 11 is 0. The molecule has 0 bridgehead atoms. The Hall–Kier alpha value is -2.38. The van der Waals surface area contributed by atoms with Gasteiger partial charge < -0.3 is 14.7 Å². The van der Waals surface area contributed by atoms with Crippen molar-refractivity contribution in [2.45, 2.75) is 39.7 Å². The fourth-order valence-electron chi connectivity index (χ4n) is 3.86. The van der Waals surface area contributed by atoms with Gasteiger partial charge in [-0.1, -0.05) is 6.92 Å². The van der Waals surface area contributed by atoms with Crippen LogP contribution in [0.4, 0.5) is 5.69 Å². The molecule has 2 fully saturated rings. The van der Waals surface area contributed by atoms with Crippen LogP contribution in [0.5, 0.6) is 0 Å². The maximum Gasteiger partial charge on any atom is 0.268 e. The Balaban J connectivity index is 1.53. The molecule has 8 nitrogen and oxygen atoms in total. The smallest absolute Gasteiger partial charge is 0.268 e. The standard InChI is InChI=1S/C19H29N5O3/c1-3-6-24-18(26)13-17(14-20-24)22-7-4-16(5-8-22)19(27)23-11-9-21(10-12-23)15(2)25/h13-14,16H,3-12H2,1-2H3. The quantitative estimate of drug-likeness (QED) is 0.768. The van der Waals surface area contributed by atoms with E-state index in [4.69, 9.17) is 0 Å². The highest BCUT2D eigenvalue weighted by molar-refractivity contribution is 5.80. The Morgan fingerprint density at radius 3 is 2.26 bits per heavy atom. The Labute approximate surface area is 159 Å². The van der Waals surface area contributed by atoms with E-state index in [9.17, 15) is 14.4 Å². The number of hydrogen-bond donors (Lipinski definition) is 0. The number of aryl methyl sites for hydroxylation is 1. The fraction of sp³-hybridized carbons (Fsp3) is 0.684. The Kier molecular flexibility index (Phi) is 6.13. The zero-order valence-electron chi connectivity index (χ0n) is 16.3. The fourth-order valence-corrected chi connectivity index (χ4v) is 3.86. The third kappa shape index (κ3) is 4.48. The number of nitrogens with zero attached hydrogens (tertiary/aromatic N) is 5. The summed E-state index contributed by atoms with van der Waals surface area (Å²) in [5.74, 6) is 0.303. The molecule has 1 aromatic heterocycles. The summed E-state index contributed by atoms with van der Waals surface area (Å²) in [4.78, 5) is 42.1. The van der Waals surface area contributed by atoms with Crippen molar-refractivity contribution >= 4 is 17.5 Å². The number of anilines is 1. The van der Waals surface area contributed by atoms with Gasteiger partial charge in [0.15, 0.2) is 0 Å². The van der Waals surface area contributed by atoms with Crippen LogP contribution in [-0.4, -0.2) is 70.7 Å². The first-order valence-corrected chi connectivity index (χ1v) is 9.86. The van der Waals surface area contributed by atoms with Gasteiger partial charge in [0.25, 0.3) is 5.56 Å². The molecule has 1 aromatic rings. The number of rotatable bonds is 4. The monoisotopic (exact) mass is 375 g/mol. The molecule has 0 aliphatic carbocycles. The molecule has 0 saturated carbocycles. The van der Waals surface area contributed by atoms with Gasteiger partial charge in [-0.15, -0.1) is 0 Å². The van der Waals surface area contributed by atoms with E-state index in [1.807, 2.05) is 11.8 Å². The lowest BCUT2D eigenvalue weighted by atomic mass is 9.94. The molecule has 3 rings (SSSR count). The van der Waals surface area contributed by atoms with Crippen LogP contribution in [0.25, 0.3) is 0 Å². The average molecular weight is 375 g/mol. The second-order valence-electron chi connectivity index (χ2n) is 7.37. The third-order valence-corrected chi connectivity index (χ3v) is 5.54. The molecule has 2 aliphatic heterocycles. The van der Waals surface area contributed by atoms with Gasteiger partial charge in [-0.2, -0.15) is 5.10 Å². The van der Waals surface area contributed by atoms with E-state index in [2.05, 4.69) is 10.00 Å². The average Bonchev–Trinajstić information content (AvgIpc) is 2.69. The molecule has 0 unspecified atom stereocenters. The molecule has 0 radical (unpaired) electrons. The van der Waals surface area contributed by atoms with Gasteiger partial charge >= 0.3 is 0 Å². The van der Waals surface area contributed by atoms with Gasteiger partial charge in [0.2, 0.25) is 11.8 Å². The van der Waals surface area contributed by atoms with Gasteiger partial charge in [-0.3, -0.25) is 14.4 Å². The van der Waals surface area contributed by atoms with Crippen molar-refractivity contribution < 1.29 is 9.59 Å². The van der Waals surface area contributed by atoms with Gasteiger partial charge in [-0.25, -0.2) is 4.68 Å². The van der Waals surface area contributed by atoms with Crippen LogP contribution in [0.15, 0.2) is 17.1 Å². The van der Waals surface area contributed by atoms with Gasteiger partial charge in [0.05, 0.1) is 11.9 Å². The molecular weight excluding hydrogens is 346 g/mol. The van der Waals surface area contributed by atoms with Crippen LogP contribution in [0, 0.1) is 5.92 Å². The molecule has 0 spiro atoms. The van der Waals surface area contributed by atoms with Crippen LogP contribution in [0.2, 0.25) is 0 Å². The van der Waals surface area contributed by atoms with E-state index in [0.717, 1.165) is 38.0 Å². The summed E-state index contributed by atoms with van der Waals surface area (Å²) < 4.78 is 1.49. The maximum atomic E-state index is 12.8. The Bertz CT molecular complexity index is 731. The minimum atomic E-state index is -0.0732. The van der Waals surface area contributed by atoms with Gasteiger partial charge in [-0.05, 0) is 19.3 Å². The summed E-state index contributed by atoms with van der Waals surface area (Å²) in [6, 6.07) is 1.64. The zero-order valence-corrected chi connectivity index (χ0v) is 16.3. The number of piperidine rings is 1. The molecule has 3 heterocycles. The maximum absolute atomic E-state index is 12.8. The summed E-state index contributed by atoms with van der Waals surface area (Å²) in [7, 11) is 0. The van der Waals surface area contributed by atoms with Crippen LogP contribution < -0.4 is 10.5 Å². The van der Waals surface area contributed by atoms with Crippen LogP contribution >= 0.6 is 0 Å². The second-order valence-corrected chi connectivity index (χ2v) is 7.37. The van der Waals surface area contributed by atoms with Crippen molar-refractivity contribution in [3.63, 3.8) is 0 Å². The highest BCUT2D eigenvalue weighted by atomic mass is 16.2. The molecule has 27 heavy (non-hydrogen) atoms. The van der Waals surface area contributed by atoms with Crippen molar-refractivity contribution in [3.05, 3.63) is 22.6 Å².